The number of nitrogens with zero attached hydrogens (tertiary/aromatic N) is 3. The summed E-state index contributed by atoms with van der Waals surface area (Å²) in [6.07, 6.45) is 0. The Kier molecular flexibility index (Phi) is 5.83. The van der Waals surface area contributed by atoms with Gasteiger partial charge in [0.25, 0.3) is 5.91 Å². The Labute approximate surface area is 173 Å². The Morgan fingerprint density at radius 2 is 1.97 bits per heavy atom. The topological polar surface area (TPSA) is 108 Å². The molecule has 10 heteroatoms. The van der Waals surface area contributed by atoms with Gasteiger partial charge in [0.15, 0.2) is 0 Å². The minimum Gasteiger partial charge on any atom is -0.485 e. The first-order valence-electron chi connectivity index (χ1n) is 8.79. The lowest BCUT2D eigenvalue weighted by atomic mass is 10.2. The van der Waals surface area contributed by atoms with E-state index in [9.17, 15) is 13.2 Å². The molecule has 0 aliphatic carbocycles. The number of primary amides is 1. The van der Waals surface area contributed by atoms with Gasteiger partial charge in [-0.2, -0.15) is 0 Å². The maximum atomic E-state index is 12.4. The number of aromatic nitrogens is 2. The third-order valence-electron chi connectivity index (χ3n) is 4.46. The summed E-state index contributed by atoms with van der Waals surface area (Å²) in [5.74, 6) is 0.241. The number of benzene rings is 2. The lowest BCUT2D eigenvalue weighted by molar-refractivity contribution is 0.0995. The maximum absolute atomic E-state index is 12.4. The summed E-state index contributed by atoms with van der Waals surface area (Å²) in [7, 11) is -0.608. The van der Waals surface area contributed by atoms with Gasteiger partial charge in [-0.05, 0) is 43.3 Å². The van der Waals surface area contributed by atoms with Crippen LogP contribution in [0.15, 0.2) is 41.3 Å². The van der Waals surface area contributed by atoms with E-state index in [1.54, 1.807) is 24.3 Å². The van der Waals surface area contributed by atoms with E-state index < -0.39 is 15.9 Å². The van der Waals surface area contributed by atoms with Crippen molar-refractivity contribution in [3.63, 3.8) is 0 Å². The van der Waals surface area contributed by atoms with Gasteiger partial charge in [-0.15, -0.1) is 0 Å². The molecule has 0 aliphatic rings. The molecule has 3 rings (SSSR count). The SMILES string of the molecule is CCn1c(COc2ccc(Cl)cc2C(N)=O)nc2cc(S(=O)(=O)N(C)C)ccc21. The highest BCUT2D eigenvalue weighted by Gasteiger charge is 2.20. The van der Waals surface area contributed by atoms with Crippen LogP contribution in [0, 0.1) is 0 Å². The first-order chi connectivity index (χ1) is 13.6. The monoisotopic (exact) mass is 436 g/mol. The number of halogens is 1. The van der Waals surface area contributed by atoms with Crippen molar-refractivity contribution >= 4 is 38.6 Å². The normalized spacial score (nSPS) is 11.9. The summed E-state index contributed by atoms with van der Waals surface area (Å²) >= 11 is 5.92. The highest BCUT2D eigenvalue weighted by atomic mass is 35.5. The summed E-state index contributed by atoms with van der Waals surface area (Å²) in [5, 5.41) is 0.376. The molecule has 154 valence electrons. The Morgan fingerprint density at radius 3 is 2.59 bits per heavy atom. The molecule has 1 heterocycles. The van der Waals surface area contributed by atoms with Crippen molar-refractivity contribution in [2.24, 2.45) is 5.73 Å². The zero-order chi connectivity index (χ0) is 21.3. The molecule has 3 aromatic rings. The molecule has 0 bridgehead atoms. The zero-order valence-electron chi connectivity index (χ0n) is 16.2. The smallest absolute Gasteiger partial charge is 0.252 e. The van der Waals surface area contributed by atoms with Gasteiger partial charge in [0.2, 0.25) is 10.0 Å². The number of hydrogen-bond donors (Lipinski definition) is 1. The number of aryl methyl sites for hydroxylation is 1. The minimum atomic E-state index is -3.56. The molecule has 8 nitrogen and oxygen atoms in total. The molecular weight excluding hydrogens is 416 g/mol. The molecule has 29 heavy (non-hydrogen) atoms. The molecule has 0 saturated carbocycles. The van der Waals surface area contributed by atoms with Crippen molar-refractivity contribution in [2.75, 3.05) is 14.1 Å². The van der Waals surface area contributed by atoms with Crippen molar-refractivity contribution in [1.82, 2.24) is 13.9 Å². The predicted molar refractivity (Wildman–Crippen MR) is 111 cm³/mol. The van der Waals surface area contributed by atoms with E-state index in [0.29, 0.717) is 28.7 Å². The summed E-state index contributed by atoms with van der Waals surface area (Å²) < 4.78 is 33.6. The zero-order valence-corrected chi connectivity index (χ0v) is 17.8. The van der Waals surface area contributed by atoms with Crippen molar-refractivity contribution in [3.8, 4) is 5.75 Å². The molecule has 0 fully saturated rings. The summed E-state index contributed by atoms with van der Waals surface area (Å²) in [5.41, 5.74) is 6.90. The second-order valence-corrected chi connectivity index (χ2v) is 9.09. The number of rotatable bonds is 7. The molecule has 0 spiro atoms. The molecule has 0 aliphatic heterocycles. The Balaban J connectivity index is 1.97. The second-order valence-electron chi connectivity index (χ2n) is 6.50. The number of nitrogens with two attached hydrogens (primary N) is 1. The average Bonchev–Trinajstić information content (AvgIpc) is 3.03. The third kappa shape index (κ3) is 4.07. The molecule has 2 aromatic carbocycles. The van der Waals surface area contributed by atoms with E-state index in [-0.39, 0.29) is 17.1 Å². The van der Waals surface area contributed by atoms with Gasteiger partial charge >= 0.3 is 0 Å². The van der Waals surface area contributed by atoms with Gasteiger partial charge < -0.3 is 15.0 Å². The Hall–Kier alpha value is -2.62. The Bertz CT molecular complexity index is 1190. The fourth-order valence-corrected chi connectivity index (χ4v) is 4.05. The minimum absolute atomic E-state index is 0.0696. The van der Waals surface area contributed by atoms with Gasteiger partial charge in [0.1, 0.15) is 18.2 Å². The van der Waals surface area contributed by atoms with E-state index in [1.165, 1.54) is 26.2 Å². The number of fused-ring (bicyclic) bond motifs is 1. The van der Waals surface area contributed by atoms with Crippen LogP contribution in [0.2, 0.25) is 5.02 Å². The van der Waals surface area contributed by atoms with Crippen molar-refractivity contribution in [2.45, 2.75) is 25.0 Å². The van der Waals surface area contributed by atoms with E-state index >= 15 is 0 Å². The fraction of sp³-hybridized carbons (Fsp3) is 0.263. The first-order valence-corrected chi connectivity index (χ1v) is 10.6. The summed E-state index contributed by atoms with van der Waals surface area (Å²) in [6.45, 7) is 2.63. The third-order valence-corrected chi connectivity index (χ3v) is 6.50. The molecule has 0 saturated heterocycles. The molecule has 0 unspecified atom stereocenters. The van der Waals surface area contributed by atoms with Crippen molar-refractivity contribution < 1.29 is 17.9 Å². The average molecular weight is 437 g/mol. The first kappa shape index (κ1) is 21.1. The van der Waals surface area contributed by atoms with Gasteiger partial charge in [-0.3, -0.25) is 4.79 Å². The summed E-state index contributed by atoms with van der Waals surface area (Å²) in [6, 6.07) is 9.44. The van der Waals surface area contributed by atoms with Crippen LogP contribution >= 0.6 is 11.6 Å². The molecule has 0 radical (unpaired) electrons. The van der Waals surface area contributed by atoms with Crippen LogP contribution in [0.3, 0.4) is 0 Å². The van der Waals surface area contributed by atoms with Crippen LogP contribution in [0.5, 0.6) is 5.75 Å². The van der Waals surface area contributed by atoms with Gasteiger partial charge in [0, 0.05) is 25.7 Å². The number of carbonyl (C=O) groups excluding carboxylic acids is 1. The number of hydrogen-bond acceptors (Lipinski definition) is 5. The van der Waals surface area contributed by atoms with Crippen LogP contribution in [0.1, 0.15) is 23.1 Å². The molecule has 1 amide bonds. The summed E-state index contributed by atoms with van der Waals surface area (Å²) in [4.78, 5) is 16.3. The quantitative estimate of drug-likeness (QED) is 0.612. The van der Waals surface area contributed by atoms with E-state index in [0.717, 1.165) is 9.82 Å². The van der Waals surface area contributed by atoms with Crippen LogP contribution in [-0.4, -0.2) is 42.3 Å². The number of imidazole rings is 1. The lowest BCUT2D eigenvalue weighted by Crippen LogP contribution is -2.22. The van der Waals surface area contributed by atoms with Gasteiger partial charge in [0.05, 0.1) is 21.5 Å². The van der Waals surface area contributed by atoms with E-state index in [1.807, 2.05) is 11.5 Å². The largest absolute Gasteiger partial charge is 0.485 e. The van der Waals surface area contributed by atoms with E-state index in [4.69, 9.17) is 22.1 Å². The number of amides is 1. The number of carbonyl (C=O) groups is 1. The van der Waals surface area contributed by atoms with Crippen LogP contribution in [0.25, 0.3) is 11.0 Å². The highest BCUT2D eigenvalue weighted by molar-refractivity contribution is 7.89. The predicted octanol–water partition coefficient (Wildman–Crippen LogP) is 2.64. The highest BCUT2D eigenvalue weighted by Crippen LogP contribution is 2.25. The molecule has 0 atom stereocenters. The lowest BCUT2D eigenvalue weighted by Gasteiger charge is -2.11. The van der Waals surface area contributed by atoms with E-state index in [2.05, 4.69) is 4.98 Å². The van der Waals surface area contributed by atoms with Crippen molar-refractivity contribution in [3.05, 3.63) is 52.8 Å². The molecular formula is C19H21ClN4O4S. The second kappa shape index (κ2) is 8.02. The van der Waals surface area contributed by atoms with Gasteiger partial charge in [-0.25, -0.2) is 17.7 Å². The van der Waals surface area contributed by atoms with Crippen LogP contribution in [0.4, 0.5) is 0 Å². The number of sulfonamides is 1. The molecule has 1 aromatic heterocycles. The number of ether oxygens (including phenoxy) is 1. The molecule has 2 N–H and O–H groups in total. The fourth-order valence-electron chi connectivity index (χ4n) is 2.96. The Morgan fingerprint density at radius 1 is 1.24 bits per heavy atom. The van der Waals surface area contributed by atoms with Crippen molar-refractivity contribution in [1.29, 1.82) is 0 Å². The standard InChI is InChI=1S/C19H21ClN4O4S/c1-4-24-16-7-6-13(29(26,27)23(2)3)10-15(16)22-18(24)11-28-17-8-5-12(20)9-14(17)19(21)25/h5-10H,4,11H2,1-3H3,(H2,21,25). The van der Waals surface area contributed by atoms with Crippen LogP contribution in [-0.2, 0) is 23.2 Å². The van der Waals surface area contributed by atoms with Gasteiger partial charge in [-0.1, -0.05) is 11.6 Å². The van der Waals surface area contributed by atoms with Crippen LogP contribution < -0.4 is 10.5 Å². The maximum Gasteiger partial charge on any atom is 0.252 e.